The number of hydrogen-bond donors (Lipinski definition) is 1. The van der Waals surface area contributed by atoms with E-state index in [1.54, 1.807) is 11.3 Å². The van der Waals surface area contributed by atoms with E-state index >= 15 is 0 Å². The van der Waals surface area contributed by atoms with Gasteiger partial charge in [-0.3, -0.25) is 0 Å². The Hall–Kier alpha value is -1.65. The van der Waals surface area contributed by atoms with Crippen LogP contribution >= 0.6 is 22.9 Å². The molecule has 0 aliphatic heterocycles. The molecule has 0 unspecified atom stereocenters. The van der Waals surface area contributed by atoms with Crippen LogP contribution in [0, 0.1) is 6.92 Å². The van der Waals surface area contributed by atoms with Crippen LogP contribution in [0.4, 0.5) is 5.82 Å². The zero-order chi connectivity index (χ0) is 12.7. The molecule has 0 aliphatic carbocycles. The maximum Gasteiger partial charge on any atom is 0.136 e. The third kappa shape index (κ3) is 1.74. The summed E-state index contributed by atoms with van der Waals surface area (Å²) in [6.07, 6.45) is 1.50. The maximum atomic E-state index is 5.97. The summed E-state index contributed by atoms with van der Waals surface area (Å²) in [5, 5.41) is 1.66. The molecule has 0 spiro atoms. The van der Waals surface area contributed by atoms with Crippen molar-refractivity contribution in [3.05, 3.63) is 40.5 Å². The van der Waals surface area contributed by atoms with Crippen LogP contribution in [-0.2, 0) is 0 Å². The van der Waals surface area contributed by atoms with Crippen LogP contribution in [0.15, 0.2) is 30.6 Å². The first-order valence-electron chi connectivity index (χ1n) is 5.42. The van der Waals surface area contributed by atoms with E-state index in [2.05, 4.69) is 16.9 Å². The lowest BCUT2D eigenvalue weighted by atomic mass is 10.0. The number of nitrogens with two attached hydrogens (primary N) is 1. The molecular weight excluding hydrogens is 266 g/mol. The first kappa shape index (κ1) is 11.4. The molecule has 0 atom stereocenters. The van der Waals surface area contributed by atoms with E-state index in [9.17, 15) is 0 Å². The lowest BCUT2D eigenvalue weighted by Gasteiger charge is -2.03. The van der Waals surface area contributed by atoms with Gasteiger partial charge in [-0.15, -0.1) is 11.3 Å². The second-order valence-electron chi connectivity index (χ2n) is 3.98. The minimum absolute atomic E-state index is 0.522. The highest BCUT2D eigenvalue weighted by Crippen LogP contribution is 2.39. The average Bonchev–Trinajstić information content (AvgIpc) is 2.68. The molecule has 5 heteroatoms. The van der Waals surface area contributed by atoms with Gasteiger partial charge in [0.1, 0.15) is 17.0 Å². The number of nitrogen functional groups attached to an aromatic ring is 1. The summed E-state index contributed by atoms with van der Waals surface area (Å²) < 4.78 is 0. The van der Waals surface area contributed by atoms with Gasteiger partial charge in [0, 0.05) is 15.5 Å². The molecule has 3 nitrogen and oxygen atoms in total. The van der Waals surface area contributed by atoms with Gasteiger partial charge in [0.25, 0.3) is 0 Å². The van der Waals surface area contributed by atoms with Crippen molar-refractivity contribution in [1.82, 2.24) is 9.97 Å². The average molecular weight is 276 g/mol. The van der Waals surface area contributed by atoms with Crippen LogP contribution in [0.5, 0.6) is 0 Å². The van der Waals surface area contributed by atoms with Crippen molar-refractivity contribution >= 4 is 39.0 Å². The van der Waals surface area contributed by atoms with Crippen LogP contribution in [0.2, 0.25) is 5.02 Å². The van der Waals surface area contributed by atoms with Gasteiger partial charge in [-0.1, -0.05) is 23.7 Å². The number of benzene rings is 1. The first-order chi connectivity index (χ1) is 8.66. The topological polar surface area (TPSA) is 51.8 Å². The van der Waals surface area contributed by atoms with E-state index < -0.39 is 0 Å². The molecule has 3 rings (SSSR count). The largest absolute Gasteiger partial charge is 0.383 e. The lowest BCUT2D eigenvalue weighted by Crippen LogP contribution is -1.92. The van der Waals surface area contributed by atoms with Crippen LogP contribution in [0.1, 0.15) is 4.88 Å². The van der Waals surface area contributed by atoms with Gasteiger partial charge in [-0.05, 0) is 24.6 Å². The standard InChI is InChI=1S/C13H10ClN3S/c1-7-10(8-2-4-9(14)5-3-8)11-12(15)16-6-17-13(11)18-7/h2-6H,1H3,(H2,15,16,17). The number of halogens is 1. The smallest absolute Gasteiger partial charge is 0.136 e. The summed E-state index contributed by atoms with van der Waals surface area (Å²) in [5.41, 5.74) is 8.16. The van der Waals surface area contributed by atoms with E-state index in [4.69, 9.17) is 17.3 Å². The number of aryl methyl sites for hydroxylation is 1. The molecule has 2 heterocycles. The number of nitrogens with zero attached hydrogens (tertiary/aromatic N) is 2. The van der Waals surface area contributed by atoms with Gasteiger partial charge in [0.05, 0.1) is 5.39 Å². The second kappa shape index (κ2) is 4.23. The van der Waals surface area contributed by atoms with Crippen LogP contribution < -0.4 is 5.73 Å². The Morgan fingerprint density at radius 2 is 1.89 bits per heavy atom. The molecule has 0 fully saturated rings. The SMILES string of the molecule is Cc1sc2ncnc(N)c2c1-c1ccc(Cl)cc1. The van der Waals surface area contributed by atoms with Gasteiger partial charge in [0.15, 0.2) is 0 Å². The van der Waals surface area contributed by atoms with Crippen LogP contribution in [-0.4, -0.2) is 9.97 Å². The van der Waals surface area contributed by atoms with Crippen molar-refractivity contribution in [3.8, 4) is 11.1 Å². The van der Waals surface area contributed by atoms with Crippen molar-refractivity contribution in [2.75, 3.05) is 5.73 Å². The Balaban J connectivity index is 2.34. The monoisotopic (exact) mass is 275 g/mol. The van der Waals surface area contributed by atoms with Crippen LogP contribution in [0.3, 0.4) is 0 Å². The highest BCUT2D eigenvalue weighted by molar-refractivity contribution is 7.19. The molecule has 0 bridgehead atoms. The normalized spacial score (nSPS) is 11.0. The number of thiophene rings is 1. The number of aromatic nitrogens is 2. The second-order valence-corrected chi connectivity index (χ2v) is 5.62. The van der Waals surface area contributed by atoms with E-state index in [-0.39, 0.29) is 0 Å². The Morgan fingerprint density at radius 1 is 1.17 bits per heavy atom. The molecule has 2 N–H and O–H groups in total. The van der Waals surface area contributed by atoms with Gasteiger partial charge < -0.3 is 5.73 Å². The first-order valence-corrected chi connectivity index (χ1v) is 6.62. The molecule has 3 aromatic rings. The summed E-state index contributed by atoms with van der Waals surface area (Å²) in [6, 6.07) is 7.73. The van der Waals surface area contributed by atoms with Gasteiger partial charge in [0.2, 0.25) is 0 Å². The molecule has 0 saturated heterocycles. The number of fused-ring (bicyclic) bond motifs is 1. The predicted octanol–water partition coefficient (Wildman–Crippen LogP) is 3.90. The Kier molecular flexibility index (Phi) is 2.69. The van der Waals surface area contributed by atoms with Crippen LogP contribution in [0.25, 0.3) is 21.3 Å². The summed E-state index contributed by atoms with van der Waals surface area (Å²) in [6.45, 7) is 2.07. The zero-order valence-electron chi connectivity index (χ0n) is 9.64. The van der Waals surface area contributed by atoms with E-state index in [0.29, 0.717) is 5.82 Å². The van der Waals surface area contributed by atoms with Crippen molar-refractivity contribution < 1.29 is 0 Å². The summed E-state index contributed by atoms with van der Waals surface area (Å²) >= 11 is 7.54. The maximum absolute atomic E-state index is 5.97. The van der Waals surface area contributed by atoms with E-state index in [0.717, 1.165) is 26.4 Å². The zero-order valence-corrected chi connectivity index (χ0v) is 11.2. The Labute approximate surface area is 113 Å². The van der Waals surface area contributed by atoms with Gasteiger partial charge in [-0.2, -0.15) is 0 Å². The molecular formula is C13H10ClN3S. The fraction of sp³-hybridized carbons (Fsp3) is 0.0769. The summed E-state index contributed by atoms with van der Waals surface area (Å²) in [5.74, 6) is 0.522. The lowest BCUT2D eigenvalue weighted by molar-refractivity contribution is 1.24. The highest BCUT2D eigenvalue weighted by atomic mass is 35.5. The number of hydrogen-bond acceptors (Lipinski definition) is 4. The molecule has 1 aromatic carbocycles. The number of anilines is 1. The van der Waals surface area contributed by atoms with Gasteiger partial charge in [-0.25, -0.2) is 9.97 Å². The minimum atomic E-state index is 0.522. The molecule has 90 valence electrons. The fourth-order valence-corrected chi connectivity index (χ4v) is 3.18. The molecule has 0 saturated carbocycles. The Morgan fingerprint density at radius 3 is 2.61 bits per heavy atom. The third-order valence-corrected chi connectivity index (χ3v) is 4.09. The predicted molar refractivity (Wildman–Crippen MR) is 77.0 cm³/mol. The summed E-state index contributed by atoms with van der Waals surface area (Å²) in [7, 11) is 0. The molecule has 0 amide bonds. The number of rotatable bonds is 1. The van der Waals surface area contributed by atoms with E-state index in [1.807, 2.05) is 24.3 Å². The molecule has 0 radical (unpaired) electrons. The Bertz CT molecular complexity index is 719. The van der Waals surface area contributed by atoms with Crippen molar-refractivity contribution in [2.24, 2.45) is 0 Å². The van der Waals surface area contributed by atoms with Crippen molar-refractivity contribution in [2.45, 2.75) is 6.92 Å². The fourth-order valence-electron chi connectivity index (χ4n) is 2.03. The quantitative estimate of drug-likeness (QED) is 0.733. The van der Waals surface area contributed by atoms with Crippen molar-refractivity contribution in [1.29, 1.82) is 0 Å². The minimum Gasteiger partial charge on any atom is -0.383 e. The van der Waals surface area contributed by atoms with E-state index in [1.165, 1.54) is 11.2 Å². The molecule has 0 aliphatic rings. The summed E-state index contributed by atoms with van der Waals surface area (Å²) in [4.78, 5) is 10.4. The highest BCUT2D eigenvalue weighted by Gasteiger charge is 2.14. The molecule has 2 aromatic heterocycles. The molecule has 18 heavy (non-hydrogen) atoms. The van der Waals surface area contributed by atoms with Crippen molar-refractivity contribution in [3.63, 3.8) is 0 Å². The third-order valence-electron chi connectivity index (χ3n) is 2.83. The van der Waals surface area contributed by atoms with Gasteiger partial charge >= 0.3 is 0 Å².